The van der Waals surface area contributed by atoms with Gasteiger partial charge in [0.25, 0.3) is 0 Å². The second-order valence-electron chi connectivity index (χ2n) is 9.80. The molecule has 6 aromatic rings. The lowest BCUT2D eigenvalue weighted by Crippen LogP contribution is -2.21. The van der Waals surface area contributed by atoms with Gasteiger partial charge in [-0.15, -0.1) is 22.7 Å². The van der Waals surface area contributed by atoms with Crippen LogP contribution >= 0.6 is 34.4 Å². The Morgan fingerprint density at radius 1 is 0.973 bits per heavy atom. The number of benzene rings is 1. The summed E-state index contributed by atoms with van der Waals surface area (Å²) in [5.74, 6) is -0.653. The maximum absolute atomic E-state index is 13.0. The summed E-state index contributed by atoms with van der Waals surface area (Å²) in [5, 5.41) is 1.28. The molecule has 10 heteroatoms. The summed E-state index contributed by atoms with van der Waals surface area (Å²) in [5.41, 5.74) is 4.92. The number of rotatable bonds is 2. The Morgan fingerprint density at radius 2 is 1.73 bits per heavy atom. The third kappa shape index (κ3) is 2.97. The molecule has 5 aromatic heterocycles. The third-order valence-electron chi connectivity index (χ3n) is 7.83. The van der Waals surface area contributed by atoms with E-state index in [2.05, 4.69) is 55.7 Å². The van der Waals surface area contributed by atoms with E-state index in [1.165, 1.54) is 30.5 Å². The van der Waals surface area contributed by atoms with Crippen LogP contribution in [-0.4, -0.2) is 35.6 Å². The van der Waals surface area contributed by atoms with Crippen molar-refractivity contribution >= 4 is 98.9 Å². The molecule has 2 fully saturated rings. The number of thiophene rings is 2. The van der Waals surface area contributed by atoms with Crippen molar-refractivity contribution in [2.45, 2.75) is 25.7 Å². The molecular weight excluding hydrogens is 523 g/mol. The van der Waals surface area contributed by atoms with Crippen molar-refractivity contribution in [1.82, 2.24) is 18.3 Å². The lowest BCUT2D eigenvalue weighted by Gasteiger charge is -2.20. The number of aliphatic imine (C=N–C) groups is 1. The summed E-state index contributed by atoms with van der Waals surface area (Å²) >= 11 is 4.62. The topological polar surface area (TPSA) is 90.1 Å². The Hall–Kier alpha value is -3.34. The van der Waals surface area contributed by atoms with E-state index in [4.69, 9.17) is 4.98 Å². The minimum Gasteiger partial charge on any atom is -0.342 e. The molecule has 0 radical (unpaired) electrons. The first-order chi connectivity index (χ1) is 18.1. The summed E-state index contributed by atoms with van der Waals surface area (Å²) in [7, 11) is 2.11. The van der Waals surface area contributed by atoms with E-state index >= 15 is 0 Å². The quantitative estimate of drug-likeness (QED) is 0.243. The van der Waals surface area contributed by atoms with Gasteiger partial charge in [-0.2, -0.15) is 8.75 Å². The lowest BCUT2D eigenvalue weighted by molar-refractivity contribution is -0.120. The minimum atomic E-state index is -0.208. The number of hydrogen-bond donors (Lipinski definition) is 0. The Bertz CT molecular complexity index is 1950. The molecular formula is C27H19N5O2S3. The van der Waals surface area contributed by atoms with Crippen LogP contribution in [0.2, 0.25) is 0 Å². The summed E-state index contributed by atoms with van der Waals surface area (Å²) in [6.07, 6.45) is 5.17. The SMILES string of the molecule is Cn1c2cc(-c3ncc(N=C4C(=O)C5CCCCC5C4=O)c4nsnc34)sc2c2sc3ccccc3c21. The van der Waals surface area contributed by atoms with Gasteiger partial charge in [-0.25, -0.2) is 4.99 Å². The fourth-order valence-corrected chi connectivity index (χ4v) is 9.15. The molecule has 2 aliphatic rings. The highest BCUT2D eigenvalue weighted by Gasteiger charge is 2.47. The molecule has 0 aliphatic heterocycles. The monoisotopic (exact) mass is 541 g/mol. The summed E-state index contributed by atoms with van der Waals surface area (Å²) < 4.78 is 15.1. The van der Waals surface area contributed by atoms with Gasteiger partial charge < -0.3 is 4.57 Å². The predicted molar refractivity (Wildman–Crippen MR) is 150 cm³/mol. The van der Waals surface area contributed by atoms with Crippen molar-refractivity contribution in [2.24, 2.45) is 23.9 Å². The number of aryl methyl sites for hydroxylation is 1. The van der Waals surface area contributed by atoms with Crippen molar-refractivity contribution in [1.29, 1.82) is 0 Å². The zero-order valence-electron chi connectivity index (χ0n) is 19.7. The van der Waals surface area contributed by atoms with Gasteiger partial charge in [-0.1, -0.05) is 31.0 Å². The van der Waals surface area contributed by atoms with Crippen LogP contribution in [0.1, 0.15) is 25.7 Å². The van der Waals surface area contributed by atoms with E-state index in [9.17, 15) is 9.59 Å². The first-order valence-corrected chi connectivity index (χ1v) is 14.6. The highest BCUT2D eigenvalue weighted by Crippen LogP contribution is 2.46. The molecule has 2 atom stereocenters. The predicted octanol–water partition coefficient (Wildman–Crippen LogP) is 6.71. The molecule has 2 saturated carbocycles. The molecule has 0 spiro atoms. The molecule has 5 heterocycles. The van der Waals surface area contributed by atoms with Crippen LogP contribution in [0.3, 0.4) is 0 Å². The van der Waals surface area contributed by atoms with Crippen molar-refractivity contribution in [3.63, 3.8) is 0 Å². The standard InChI is InChI=1S/C27H19N5O2S3/c1-32-16-10-18(36-26(16)27-23(32)14-8-4-5-9-17(14)35-27)20-21-19(30-37-31-21)15(11-28-20)29-22-24(33)12-6-2-3-7-13(12)25(22)34/h4-5,8-13H,2-3,6-7H2,1H3. The van der Waals surface area contributed by atoms with E-state index in [-0.39, 0.29) is 29.1 Å². The molecule has 8 rings (SSSR count). The highest BCUT2D eigenvalue weighted by molar-refractivity contribution is 7.32. The number of nitrogens with zero attached hydrogens (tertiary/aromatic N) is 5. The highest BCUT2D eigenvalue weighted by atomic mass is 32.1. The number of fused-ring (bicyclic) bond motifs is 7. The molecule has 1 aromatic carbocycles. The molecule has 2 unspecified atom stereocenters. The Morgan fingerprint density at radius 3 is 2.54 bits per heavy atom. The first-order valence-electron chi connectivity index (χ1n) is 12.3. The molecule has 0 saturated heterocycles. The molecule has 37 heavy (non-hydrogen) atoms. The van der Waals surface area contributed by atoms with Crippen LogP contribution < -0.4 is 0 Å². The number of aromatic nitrogens is 4. The average Bonchev–Trinajstić information content (AvgIpc) is 3.72. The molecule has 182 valence electrons. The van der Waals surface area contributed by atoms with Crippen LogP contribution in [0.25, 0.3) is 52.1 Å². The van der Waals surface area contributed by atoms with Crippen LogP contribution in [-0.2, 0) is 16.6 Å². The van der Waals surface area contributed by atoms with Crippen LogP contribution in [0.5, 0.6) is 0 Å². The van der Waals surface area contributed by atoms with E-state index in [0.717, 1.165) is 48.0 Å². The number of hydrogen-bond acceptors (Lipinski definition) is 9. The lowest BCUT2D eigenvalue weighted by atomic mass is 9.81. The van der Waals surface area contributed by atoms with Gasteiger partial charge in [-0.05, 0) is 25.0 Å². The van der Waals surface area contributed by atoms with Gasteiger partial charge in [0.1, 0.15) is 22.4 Å². The Labute approximate surface area is 222 Å². The van der Waals surface area contributed by atoms with Crippen LogP contribution in [0.15, 0.2) is 41.5 Å². The normalized spacial score (nSPS) is 20.2. The number of pyridine rings is 1. The van der Waals surface area contributed by atoms with Gasteiger partial charge >= 0.3 is 0 Å². The molecule has 7 nitrogen and oxygen atoms in total. The van der Waals surface area contributed by atoms with Crippen molar-refractivity contribution < 1.29 is 9.59 Å². The number of carbonyl (C=O) groups is 2. The largest absolute Gasteiger partial charge is 0.342 e. The van der Waals surface area contributed by atoms with E-state index in [0.29, 0.717) is 16.7 Å². The maximum Gasteiger partial charge on any atom is 0.188 e. The van der Waals surface area contributed by atoms with E-state index < -0.39 is 0 Å². The van der Waals surface area contributed by atoms with Gasteiger partial charge in [0, 0.05) is 29.0 Å². The minimum absolute atomic E-state index is 0.0646. The number of ketones is 2. The van der Waals surface area contributed by atoms with Crippen LogP contribution in [0, 0.1) is 11.8 Å². The second-order valence-corrected chi connectivity index (χ2v) is 12.4. The third-order valence-corrected chi connectivity index (χ3v) is 10.8. The maximum atomic E-state index is 13.0. The number of Topliss-reactive ketones (excluding diaryl/α,β-unsaturated/α-hetero) is 2. The van der Waals surface area contributed by atoms with E-state index in [1.54, 1.807) is 17.5 Å². The zero-order chi connectivity index (χ0) is 24.8. The molecule has 0 bridgehead atoms. The Balaban J connectivity index is 1.26. The smallest absolute Gasteiger partial charge is 0.188 e. The van der Waals surface area contributed by atoms with Crippen molar-refractivity contribution in [3.05, 3.63) is 36.5 Å². The molecule has 0 N–H and O–H groups in total. The fraction of sp³-hybridized carbons (Fsp3) is 0.259. The number of carbonyl (C=O) groups excluding carboxylic acids is 2. The van der Waals surface area contributed by atoms with E-state index in [1.807, 2.05) is 11.3 Å². The van der Waals surface area contributed by atoms with Gasteiger partial charge in [-0.3, -0.25) is 14.6 Å². The summed E-state index contributed by atoms with van der Waals surface area (Å²) in [4.78, 5) is 36.3. The zero-order valence-corrected chi connectivity index (χ0v) is 22.2. The Kier molecular flexibility index (Phi) is 4.60. The summed E-state index contributed by atoms with van der Waals surface area (Å²) in [6, 6.07) is 10.7. The molecule has 0 amide bonds. The summed E-state index contributed by atoms with van der Waals surface area (Å²) in [6.45, 7) is 0. The van der Waals surface area contributed by atoms with Crippen molar-refractivity contribution in [3.8, 4) is 10.6 Å². The van der Waals surface area contributed by atoms with Gasteiger partial charge in [0.15, 0.2) is 17.3 Å². The molecule has 2 aliphatic carbocycles. The van der Waals surface area contributed by atoms with Gasteiger partial charge in [0.2, 0.25) is 0 Å². The fourth-order valence-electron chi connectivity index (χ4n) is 6.03. The average molecular weight is 542 g/mol. The first kappa shape index (κ1) is 21.7. The van der Waals surface area contributed by atoms with Crippen LogP contribution in [0.4, 0.5) is 5.69 Å². The van der Waals surface area contributed by atoms with Crippen molar-refractivity contribution in [2.75, 3.05) is 0 Å². The van der Waals surface area contributed by atoms with Gasteiger partial charge in [0.05, 0.1) is 43.2 Å². The second kappa shape index (κ2) is 7.83.